The summed E-state index contributed by atoms with van der Waals surface area (Å²) >= 11 is 0. The summed E-state index contributed by atoms with van der Waals surface area (Å²) in [5.41, 5.74) is 3.17. The van der Waals surface area contributed by atoms with E-state index in [9.17, 15) is 15.4 Å². The Balaban J connectivity index is 1.69. The van der Waals surface area contributed by atoms with Crippen molar-refractivity contribution in [2.24, 2.45) is 0 Å². The number of nitrogens with one attached hydrogen (secondary N) is 1. The molecule has 0 atom stereocenters. The summed E-state index contributed by atoms with van der Waals surface area (Å²) in [7, 11) is 2.04. The summed E-state index contributed by atoms with van der Waals surface area (Å²) in [6.07, 6.45) is 1.62. The van der Waals surface area contributed by atoms with E-state index < -0.39 is 0 Å². The maximum absolute atomic E-state index is 11.7. The Labute approximate surface area is 167 Å². The predicted molar refractivity (Wildman–Crippen MR) is 112 cm³/mol. The van der Waals surface area contributed by atoms with E-state index >= 15 is 0 Å². The number of nitro groups is 1. The average Bonchev–Trinajstić information content (AvgIpc) is 3.16. The first-order valence-electron chi connectivity index (χ1n) is 9.34. The number of hydrogen-bond acceptors (Lipinski definition) is 6. The second kappa shape index (κ2) is 7.73. The van der Waals surface area contributed by atoms with Crippen LogP contribution < -0.4 is 4.90 Å². The van der Waals surface area contributed by atoms with Gasteiger partial charge in [-0.2, -0.15) is 5.26 Å². The molecule has 2 heterocycles. The number of hydrogen-bond donors (Lipinski definition) is 1. The van der Waals surface area contributed by atoms with Crippen molar-refractivity contribution >= 4 is 34.1 Å². The number of para-hydroxylation sites is 2. The molecule has 0 aliphatic carbocycles. The van der Waals surface area contributed by atoms with Gasteiger partial charge < -0.3 is 14.8 Å². The highest BCUT2D eigenvalue weighted by molar-refractivity contribution is 5.90. The van der Waals surface area contributed by atoms with Crippen molar-refractivity contribution in [3.05, 3.63) is 64.0 Å². The van der Waals surface area contributed by atoms with Gasteiger partial charge in [-0.05, 0) is 36.9 Å². The van der Waals surface area contributed by atoms with Crippen LogP contribution in [0, 0.1) is 21.4 Å². The number of nitro benzene ring substituents is 1. The van der Waals surface area contributed by atoms with Gasteiger partial charge in [0.15, 0.2) is 0 Å². The number of aromatic nitrogens is 2. The van der Waals surface area contributed by atoms with Crippen LogP contribution in [0.2, 0.25) is 0 Å². The smallest absolute Gasteiger partial charge is 0.293 e. The molecule has 0 spiro atoms. The molecular formula is C21H20N6O2. The number of benzene rings is 2. The molecule has 3 aromatic rings. The van der Waals surface area contributed by atoms with Crippen LogP contribution in [0.15, 0.2) is 42.5 Å². The zero-order valence-electron chi connectivity index (χ0n) is 16.0. The van der Waals surface area contributed by atoms with Gasteiger partial charge >= 0.3 is 0 Å². The molecule has 1 aliphatic rings. The Morgan fingerprint density at radius 2 is 2.00 bits per heavy atom. The van der Waals surface area contributed by atoms with Gasteiger partial charge in [-0.25, -0.2) is 4.98 Å². The minimum atomic E-state index is -0.363. The monoisotopic (exact) mass is 388 g/mol. The van der Waals surface area contributed by atoms with E-state index in [1.807, 2.05) is 36.2 Å². The van der Waals surface area contributed by atoms with E-state index in [2.05, 4.69) is 20.9 Å². The zero-order valence-corrected chi connectivity index (χ0v) is 16.0. The third-order valence-electron chi connectivity index (χ3n) is 5.12. The zero-order chi connectivity index (χ0) is 20.4. The Morgan fingerprint density at radius 3 is 2.69 bits per heavy atom. The van der Waals surface area contributed by atoms with Crippen molar-refractivity contribution in [2.75, 3.05) is 38.1 Å². The highest BCUT2D eigenvalue weighted by Crippen LogP contribution is 2.31. The summed E-state index contributed by atoms with van der Waals surface area (Å²) in [5.74, 6) is 0.444. The van der Waals surface area contributed by atoms with E-state index in [0.29, 0.717) is 22.6 Å². The fourth-order valence-electron chi connectivity index (χ4n) is 3.49. The highest BCUT2D eigenvalue weighted by Gasteiger charge is 2.23. The molecule has 1 saturated heterocycles. The van der Waals surface area contributed by atoms with E-state index in [1.54, 1.807) is 18.2 Å². The number of allylic oxidation sites excluding steroid dienone is 1. The van der Waals surface area contributed by atoms with Gasteiger partial charge in [0, 0.05) is 32.2 Å². The molecule has 2 aromatic carbocycles. The number of anilines is 1. The van der Waals surface area contributed by atoms with Crippen molar-refractivity contribution in [1.82, 2.24) is 14.9 Å². The van der Waals surface area contributed by atoms with Crippen LogP contribution in [0.3, 0.4) is 0 Å². The maximum atomic E-state index is 11.7. The normalized spacial score (nSPS) is 15.4. The van der Waals surface area contributed by atoms with Gasteiger partial charge in [0.25, 0.3) is 5.69 Å². The summed E-state index contributed by atoms with van der Waals surface area (Å²) < 4.78 is 0. The summed E-state index contributed by atoms with van der Waals surface area (Å²) in [6, 6.07) is 14.7. The molecule has 8 heteroatoms. The van der Waals surface area contributed by atoms with Crippen LogP contribution in [0.5, 0.6) is 0 Å². The van der Waals surface area contributed by atoms with Crippen molar-refractivity contribution in [3.8, 4) is 6.07 Å². The first kappa shape index (κ1) is 18.7. The maximum Gasteiger partial charge on any atom is 0.293 e. The van der Waals surface area contributed by atoms with E-state index in [1.165, 1.54) is 6.07 Å². The molecule has 0 amide bonds. The number of piperazine rings is 1. The van der Waals surface area contributed by atoms with Gasteiger partial charge in [-0.15, -0.1) is 0 Å². The molecule has 1 aromatic heterocycles. The van der Waals surface area contributed by atoms with Gasteiger partial charge in [0.2, 0.25) is 0 Å². The van der Waals surface area contributed by atoms with Crippen LogP contribution in [0.4, 0.5) is 11.4 Å². The first-order chi connectivity index (χ1) is 14.0. The second-order valence-corrected chi connectivity index (χ2v) is 7.07. The topological polar surface area (TPSA) is 102 Å². The third kappa shape index (κ3) is 3.81. The summed E-state index contributed by atoms with van der Waals surface area (Å²) in [4.78, 5) is 23.1. The molecule has 8 nitrogen and oxygen atoms in total. The van der Waals surface area contributed by atoms with Gasteiger partial charge in [-0.1, -0.05) is 18.2 Å². The summed E-state index contributed by atoms with van der Waals surface area (Å²) in [6.45, 7) is 3.22. The Hall–Kier alpha value is -3.70. The van der Waals surface area contributed by atoms with Crippen LogP contribution in [-0.2, 0) is 0 Å². The van der Waals surface area contributed by atoms with Crippen LogP contribution >= 0.6 is 0 Å². The molecule has 29 heavy (non-hydrogen) atoms. The summed E-state index contributed by atoms with van der Waals surface area (Å²) in [5, 5.41) is 21.3. The number of aromatic amines is 1. The van der Waals surface area contributed by atoms with Crippen molar-refractivity contribution in [2.45, 2.75) is 0 Å². The van der Waals surface area contributed by atoms with Gasteiger partial charge in [0.1, 0.15) is 17.6 Å². The lowest BCUT2D eigenvalue weighted by Crippen LogP contribution is -2.44. The van der Waals surface area contributed by atoms with Crippen molar-refractivity contribution in [1.29, 1.82) is 5.26 Å². The number of likely N-dealkylation sites (N-methyl/N-ethyl adjacent to an activating group) is 1. The molecule has 1 fully saturated rings. The van der Waals surface area contributed by atoms with Crippen molar-refractivity contribution < 1.29 is 4.92 Å². The first-order valence-corrected chi connectivity index (χ1v) is 9.34. The minimum absolute atomic E-state index is 0.0465. The Kier molecular flexibility index (Phi) is 4.97. The molecule has 0 saturated carbocycles. The fraction of sp³-hybridized carbons (Fsp3) is 0.238. The number of H-pyrrole nitrogens is 1. The minimum Gasteiger partial charge on any atom is -0.363 e. The Bertz CT molecular complexity index is 1100. The largest absolute Gasteiger partial charge is 0.363 e. The highest BCUT2D eigenvalue weighted by atomic mass is 16.6. The SMILES string of the molecule is CN1CCN(c2ccc(C=C(C#N)c3nc4ccccc4[nH]3)cc2[N+](=O)[O-])CC1. The lowest BCUT2D eigenvalue weighted by atomic mass is 10.1. The quantitative estimate of drug-likeness (QED) is 0.418. The standard InChI is InChI=1S/C21H20N6O2/c1-25-8-10-26(11-9-25)19-7-6-15(13-20(19)27(28)29)12-16(14-22)21-23-17-4-2-3-5-18(17)24-21/h2-7,12-13H,8-11H2,1H3,(H,23,24). The van der Waals surface area contributed by atoms with Gasteiger partial charge in [-0.3, -0.25) is 10.1 Å². The molecule has 0 radical (unpaired) electrons. The van der Waals surface area contributed by atoms with Crippen LogP contribution in [-0.4, -0.2) is 53.0 Å². The van der Waals surface area contributed by atoms with E-state index in [4.69, 9.17) is 0 Å². The van der Waals surface area contributed by atoms with E-state index in [-0.39, 0.29) is 10.6 Å². The second-order valence-electron chi connectivity index (χ2n) is 7.07. The van der Waals surface area contributed by atoms with Crippen LogP contribution in [0.1, 0.15) is 11.4 Å². The molecule has 0 unspecified atom stereocenters. The Morgan fingerprint density at radius 1 is 1.24 bits per heavy atom. The lowest BCUT2D eigenvalue weighted by molar-refractivity contribution is -0.384. The molecular weight excluding hydrogens is 368 g/mol. The third-order valence-corrected chi connectivity index (χ3v) is 5.12. The lowest BCUT2D eigenvalue weighted by Gasteiger charge is -2.33. The number of nitriles is 1. The molecule has 1 N–H and O–H groups in total. The van der Waals surface area contributed by atoms with Crippen molar-refractivity contribution in [3.63, 3.8) is 0 Å². The average molecular weight is 388 g/mol. The van der Waals surface area contributed by atoms with E-state index in [0.717, 1.165) is 37.2 Å². The number of fused-ring (bicyclic) bond motifs is 1. The fourth-order valence-corrected chi connectivity index (χ4v) is 3.49. The number of rotatable bonds is 4. The molecule has 4 rings (SSSR count). The van der Waals surface area contributed by atoms with Gasteiger partial charge in [0.05, 0.1) is 21.5 Å². The molecule has 146 valence electrons. The molecule has 0 bridgehead atoms. The number of imidazole rings is 1. The predicted octanol–water partition coefficient (Wildman–Crippen LogP) is 3.29. The molecule has 1 aliphatic heterocycles. The van der Waals surface area contributed by atoms with Crippen LogP contribution in [0.25, 0.3) is 22.7 Å². The number of nitrogens with zero attached hydrogens (tertiary/aromatic N) is 5.